The standard InChI is InChI=1S/C15H23NO9/c1-21-8-9-22-6-4-14(19)24-11-10-23-7-5-15(20)25-16-12(17)2-3-13(16)18/h2-11H2,1H3. The molecule has 0 aromatic carbocycles. The highest BCUT2D eigenvalue weighted by atomic mass is 16.7. The molecule has 2 amide bonds. The van der Waals surface area contributed by atoms with Gasteiger partial charge in [0.25, 0.3) is 11.8 Å². The molecule has 142 valence electrons. The molecule has 1 rings (SSSR count). The topological polar surface area (TPSA) is 118 Å². The fourth-order valence-corrected chi connectivity index (χ4v) is 1.75. The number of imide groups is 1. The van der Waals surface area contributed by atoms with Crippen molar-refractivity contribution in [3.8, 4) is 0 Å². The molecular formula is C15H23NO9. The zero-order valence-corrected chi connectivity index (χ0v) is 14.2. The van der Waals surface area contributed by atoms with E-state index in [9.17, 15) is 19.2 Å². The minimum absolute atomic E-state index is 0.0206. The van der Waals surface area contributed by atoms with E-state index < -0.39 is 23.8 Å². The van der Waals surface area contributed by atoms with Crippen LogP contribution in [0.2, 0.25) is 0 Å². The molecule has 0 bridgehead atoms. The van der Waals surface area contributed by atoms with Crippen LogP contribution in [0, 0.1) is 0 Å². The molecule has 1 heterocycles. The van der Waals surface area contributed by atoms with E-state index in [2.05, 4.69) is 4.84 Å². The van der Waals surface area contributed by atoms with E-state index in [1.54, 1.807) is 7.11 Å². The number of hydrogen-bond acceptors (Lipinski definition) is 9. The molecular weight excluding hydrogens is 338 g/mol. The van der Waals surface area contributed by atoms with E-state index in [1.165, 1.54) is 0 Å². The maximum absolute atomic E-state index is 11.5. The summed E-state index contributed by atoms with van der Waals surface area (Å²) in [7, 11) is 1.56. The molecule has 0 N–H and O–H groups in total. The van der Waals surface area contributed by atoms with Gasteiger partial charge >= 0.3 is 11.9 Å². The molecule has 0 atom stereocenters. The van der Waals surface area contributed by atoms with Gasteiger partial charge in [0.2, 0.25) is 0 Å². The fourth-order valence-electron chi connectivity index (χ4n) is 1.75. The number of hydrogen-bond donors (Lipinski definition) is 0. The first-order valence-corrected chi connectivity index (χ1v) is 7.91. The van der Waals surface area contributed by atoms with Crippen molar-refractivity contribution >= 4 is 23.8 Å². The van der Waals surface area contributed by atoms with Gasteiger partial charge in [-0.25, -0.2) is 4.79 Å². The first-order chi connectivity index (χ1) is 12.0. The summed E-state index contributed by atoms with van der Waals surface area (Å²) in [6.45, 7) is 1.32. The summed E-state index contributed by atoms with van der Waals surface area (Å²) in [6, 6.07) is 0. The number of rotatable bonds is 13. The first kappa shape index (κ1) is 21.0. The molecule has 1 fully saturated rings. The van der Waals surface area contributed by atoms with Crippen molar-refractivity contribution < 1.29 is 43.0 Å². The molecule has 0 aliphatic carbocycles. The van der Waals surface area contributed by atoms with Crippen LogP contribution in [-0.4, -0.2) is 75.6 Å². The predicted octanol–water partition coefficient (Wildman–Crippen LogP) is -0.403. The van der Waals surface area contributed by atoms with Crippen LogP contribution < -0.4 is 0 Å². The third-order valence-corrected chi connectivity index (χ3v) is 3.02. The quantitative estimate of drug-likeness (QED) is 0.245. The number of ether oxygens (including phenoxy) is 4. The zero-order chi connectivity index (χ0) is 18.5. The van der Waals surface area contributed by atoms with Crippen molar-refractivity contribution in [2.24, 2.45) is 0 Å². The number of esters is 1. The molecule has 1 aliphatic heterocycles. The van der Waals surface area contributed by atoms with E-state index >= 15 is 0 Å². The van der Waals surface area contributed by atoms with Crippen LogP contribution >= 0.6 is 0 Å². The molecule has 10 heteroatoms. The zero-order valence-electron chi connectivity index (χ0n) is 14.2. The largest absolute Gasteiger partial charge is 0.463 e. The summed E-state index contributed by atoms with van der Waals surface area (Å²) in [4.78, 5) is 50.0. The molecule has 1 aliphatic rings. The Morgan fingerprint density at radius 3 is 2.00 bits per heavy atom. The second kappa shape index (κ2) is 12.3. The van der Waals surface area contributed by atoms with E-state index in [4.69, 9.17) is 18.9 Å². The third kappa shape index (κ3) is 9.13. The van der Waals surface area contributed by atoms with Crippen molar-refractivity contribution in [1.29, 1.82) is 0 Å². The highest BCUT2D eigenvalue weighted by molar-refractivity contribution is 6.01. The van der Waals surface area contributed by atoms with Crippen LogP contribution in [0.25, 0.3) is 0 Å². The Kier molecular flexibility index (Phi) is 10.4. The maximum Gasteiger partial charge on any atom is 0.335 e. The Hall–Kier alpha value is -2.04. The molecule has 0 spiro atoms. The Bertz CT molecular complexity index is 450. The number of carbonyl (C=O) groups excluding carboxylic acids is 4. The minimum atomic E-state index is -0.742. The Labute approximate surface area is 145 Å². The monoisotopic (exact) mass is 361 g/mol. The van der Waals surface area contributed by atoms with E-state index in [-0.39, 0.29) is 52.1 Å². The van der Waals surface area contributed by atoms with Crippen LogP contribution in [0.1, 0.15) is 25.7 Å². The number of carbonyl (C=O) groups is 4. The van der Waals surface area contributed by atoms with Crippen LogP contribution in [0.15, 0.2) is 0 Å². The lowest BCUT2D eigenvalue weighted by Crippen LogP contribution is -2.32. The normalized spacial score (nSPS) is 14.0. The van der Waals surface area contributed by atoms with Gasteiger partial charge in [-0.15, -0.1) is 5.06 Å². The highest BCUT2D eigenvalue weighted by Gasteiger charge is 2.32. The summed E-state index contributed by atoms with van der Waals surface area (Å²) >= 11 is 0. The molecule has 0 aromatic heterocycles. The van der Waals surface area contributed by atoms with Gasteiger partial charge in [0.05, 0.1) is 45.9 Å². The van der Waals surface area contributed by atoms with Gasteiger partial charge in [-0.2, -0.15) is 0 Å². The molecule has 0 radical (unpaired) electrons. The second-order valence-electron chi connectivity index (χ2n) is 4.98. The number of hydroxylamine groups is 2. The Balaban J connectivity index is 1.95. The molecule has 0 aromatic rings. The van der Waals surface area contributed by atoms with Crippen LogP contribution in [-0.2, 0) is 43.0 Å². The summed E-state index contributed by atoms with van der Waals surface area (Å²) in [5.41, 5.74) is 0. The second-order valence-corrected chi connectivity index (χ2v) is 4.98. The fraction of sp³-hybridized carbons (Fsp3) is 0.733. The molecule has 10 nitrogen and oxygen atoms in total. The van der Waals surface area contributed by atoms with Gasteiger partial charge in [0.1, 0.15) is 6.61 Å². The maximum atomic E-state index is 11.5. The van der Waals surface area contributed by atoms with Gasteiger partial charge in [-0.05, 0) is 0 Å². The van der Waals surface area contributed by atoms with Gasteiger partial charge in [0.15, 0.2) is 0 Å². The van der Waals surface area contributed by atoms with E-state index in [0.29, 0.717) is 18.3 Å². The van der Waals surface area contributed by atoms with Gasteiger partial charge in [0, 0.05) is 20.0 Å². The lowest BCUT2D eigenvalue weighted by atomic mass is 10.4. The summed E-state index contributed by atoms with van der Waals surface area (Å²) in [5, 5.41) is 0.485. The number of nitrogens with zero attached hydrogens (tertiary/aromatic N) is 1. The average Bonchev–Trinajstić information content (AvgIpc) is 2.89. The van der Waals surface area contributed by atoms with Crippen molar-refractivity contribution in [3.05, 3.63) is 0 Å². The number of methoxy groups -OCH3 is 1. The Morgan fingerprint density at radius 2 is 1.40 bits per heavy atom. The average molecular weight is 361 g/mol. The lowest BCUT2D eigenvalue weighted by Gasteiger charge is -2.12. The Morgan fingerprint density at radius 1 is 0.840 bits per heavy atom. The van der Waals surface area contributed by atoms with Gasteiger partial charge in [-0.1, -0.05) is 0 Å². The SMILES string of the molecule is COCCOCCC(=O)OCCOCCC(=O)ON1C(=O)CCC1=O. The highest BCUT2D eigenvalue weighted by Crippen LogP contribution is 2.12. The van der Waals surface area contributed by atoms with E-state index in [0.717, 1.165) is 0 Å². The van der Waals surface area contributed by atoms with Crippen molar-refractivity contribution in [3.63, 3.8) is 0 Å². The smallest absolute Gasteiger partial charge is 0.335 e. The minimum Gasteiger partial charge on any atom is -0.463 e. The predicted molar refractivity (Wildman–Crippen MR) is 80.9 cm³/mol. The summed E-state index contributed by atoms with van der Waals surface area (Å²) in [6.07, 6.45) is 0.100. The van der Waals surface area contributed by atoms with Gasteiger partial charge in [-0.3, -0.25) is 14.4 Å². The summed E-state index contributed by atoms with van der Waals surface area (Å²) < 4.78 is 19.9. The van der Waals surface area contributed by atoms with Gasteiger partial charge < -0.3 is 23.8 Å². The van der Waals surface area contributed by atoms with Crippen LogP contribution in [0.3, 0.4) is 0 Å². The van der Waals surface area contributed by atoms with E-state index in [1.807, 2.05) is 0 Å². The number of amides is 2. The summed E-state index contributed by atoms with van der Waals surface area (Å²) in [5.74, 6) is -2.21. The lowest BCUT2D eigenvalue weighted by molar-refractivity contribution is -0.198. The molecule has 25 heavy (non-hydrogen) atoms. The molecule has 0 saturated carbocycles. The third-order valence-electron chi connectivity index (χ3n) is 3.02. The first-order valence-electron chi connectivity index (χ1n) is 7.91. The molecule has 0 unspecified atom stereocenters. The molecule has 1 saturated heterocycles. The van der Waals surface area contributed by atoms with Crippen molar-refractivity contribution in [1.82, 2.24) is 5.06 Å². The van der Waals surface area contributed by atoms with Crippen LogP contribution in [0.5, 0.6) is 0 Å². The van der Waals surface area contributed by atoms with Crippen molar-refractivity contribution in [2.45, 2.75) is 25.7 Å². The van der Waals surface area contributed by atoms with Crippen molar-refractivity contribution in [2.75, 3.05) is 46.8 Å². The van der Waals surface area contributed by atoms with Crippen LogP contribution in [0.4, 0.5) is 0 Å².